The van der Waals surface area contributed by atoms with Crippen molar-refractivity contribution in [3.05, 3.63) is 41.1 Å². The molecule has 6 heteroatoms. The Kier molecular flexibility index (Phi) is 3.93. The molecule has 0 aliphatic heterocycles. The summed E-state index contributed by atoms with van der Waals surface area (Å²) < 4.78 is 6.70. The molecule has 20 heavy (non-hydrogen) atoms. The largest absolute Gasteiger partial charge is 0.497 e. The molecule has 0 fully saturated rings. The van der Waals surface area contributed by atoms with Crippen molar-refractivity contribution in [2.75, 3.05) is 12.4 Å². The number of anilines is 1. The van der Waals surface area contributed by atoms with Gasteiger partial charge in [0.15, 0.2) is 0 Å². The number of aromatic carboxylic acids is 1. The van der Waals surface area contributed by atoms with E-state index in [4.69, 9.17) is 4.74 Å². The molecule has 0 spiro atoms. The SMILES string of the molecule is COc1cccc(CNc2c(C(=O)O)c(C)nn2C)c1. The number of aryl methyl sites for hydroxylation is 2. The highest BCUT2D eigenvalue weighted by Crippen LogP contribution is 2.20. The third-order valence-electron chi connectivity index (χ3n) is 3.03. The third kappa shape index (κ3) is 2.74. The molecular weight excluding hydrogens is 258 g/mol. The normalized spacial score (nSPS) is 10.3. The third-order valence-corrected chi connectivity index (χ3v) is 3.03. The molecule has 0 atom stereocenters. The summed E-state index contributed by atoms with van der Waals surface area (Å²) in [4.78, 5) is 11.3. The van der Waals surface area contributed by atoms with Gasteiger partial charge in [0.05, 0.1) is 12.8 Å². The number of ether oxygens (including phenoxy) is 1. The molecule has 0 amide bonds. The van der Waals surface area contributed by atoms with Gasteiger partial charge in [-0.1, -0.05) is 12.1 Å². The smallest absolute Gasteiger partial charge is 0.341 e. The summed E-state index contributed by atoms with van der Waals surface area (Å²) >= 11 is 0. The molecule has 1 aromatic heterocycles. The second-order valence-corrected chi connectivity index (χ2v) is 4.44. The van der Waals surface area contributed by atoms with Crippen molar-refractivity contribution < 1.29 is 14.6 Å². The minimum Gasteiger partial charge on any atom is -0.497 e. The van der Waals surface area contributed by atoms with Crippen LogP contribution in [0.25, 0.3) is 0 Å². The quantitative estimate of drug-likeness (QED) is 0.873. The number of carbonyl (C=O) groups is 1. The maximum Gasteiger partial charge on any atom is 0.341 e. The van der Waals surface area contributed by atoms with Crippen molar-refractivity contribution in [1.29, 1.82) is 0 Å². The molecule has 0 saturated carbocycles. The Labute approximate surface area is 117 Å². The van der Waals surface area contributed by atoms with E-state index in [0.29, 0.717) is 18.1 Å². The maximum atomic E-state index is 11.3. The van der Waals surface area contributed by atoms with E-state index in [2.05, 4.69) is 10.4 Å². The predicted molar refractivity (Wildman–Crippen MR) is 75.2 cm³/mol. The van der Waals surface area contributed by atoms with Gasteiger partial charge in [-0.3, -0.25) is 4.68 Å². The van der Waals surface area contributed by atoms with E-state index in [1.54, 1.807) is 25.8 Å². The Hall–Kier alpha value is -2.50. The van der Waals surface area contributed by atoms with E-state index < -0.39 is 5.97 Å². The van der Waals surface area contributed by atoms with Gasteiger partial charge in [0.2, 0.25) is 0 Å². The molecule has 2 N–H and O–H groups in total. The first kappa shape index (κ1) is 13.9. The first-order chi connectivity index (χ1) is 9.52. The first-order valence-corrected chi connectivity index (χ1v) is 6.16. The summed E-state index contributed by atoms with van der Waals surface area (Å²) in [6, 6.07) is 7.60. The van der Waals surface area contributed by atoms with Gasteiger partial charge in [-0.25, -0.2) is 4.79 Å². The number of nitrogens with zero attached hydrogens (tertiary/aromatic N) is 2. The van der Waals surface area contributed by atoms with Gasteiger partial charge >= 0.3 is 5.97 Å². The lowest BCUT2D eigenvalue weighted by molar-refractivity contribution is 0.0697. The van der Waals surface area contributed by atoms with Crippen molar-refractivity contribution in [3.8, 4) is 5.75 Å². The van der Waals surface area contributed by atoms with Crippen LogP contribution in [0.2, 0.25) is 0 Å². The standard InChI is InChI=1S/C14H17N3O3/c1-9-12(14(18)19)13(17(2)16-9)15-8-10-5-4-6-11(7-10)20-3/h4-7,15H,8H2,1-3H3,(H,18,19). The maximum absolute atomic E-state index is 11.3. The van der Waals surface area contributed by atoms with Gasteiger partial charge in [0, 0.05) is 13.6 Å². The van der Waals surface area contributed by atoms with E-state index in [1.165, 1.54) is 0 Å². The Morgan fingerprint density at radius 1 is 1.50 bits per heavy atom. The summed E-state index contributed by atoms with van der Waals surface area (Å²) in [5.41, 5.74) is 1.70. The van der Waals surface area contributed by atoms with Crippen LogP contribution in [-0.4, -0.2) is 28.0 Å². The van der Waals surface area contributed by atoms with Gasteiger partial charge in [-0.2, -0.15) is 5.10 Å². The Morgan fingerprint density at radius 3 is 2.90 bits per heavy atom. The average molecular weight is 275 g/mol. The topological polar surface area (TPSA) is 76.4 Å². The van der Waals surface area contributed by atoms with Crippen LogP contribution >= 0.6 is 0 Å². The van der Waals surface area contributed by atoms with E-state index in [0.717, 1.165) is 11.3 Å². The number of hydrogen-bond donors (Lipinski definition) is 2. The number of methoxy groups -OCH3 is 1. The van der Waals surface area contributed by atoms with E-state index in [9.17, 15) is 9.90 Å². The Balaban J connectivity index is 2.20. The minimum atomic E-state index is -0.983. The molecule has 0 aliphatic carbocycles. The fourth-order valence-electron chi connectivity index (χ4n) is 2.09. The fraction of sp³-hybridized carbons (Fsp3) is 0.286. The lowest BCUT2D eigenvalue weighted by Crippen LogP contribution is -2.09. The van der Waals surface area contributed by atoms with Crippen LogP contribution in [0, 0.1) is 6.92 Å². The van der Waals surface area contributed by atoms with Crippen molar-refractivity contribution in [2.24, 2.45) is 7.05 Å². The molecule has 106 valence electrons. The fourth-order valence-corrected chi connectivity index (χ4v) is 2.09. The average Bonchev–Trinajstić information content (AvgIpc) is 2.71. The molecule has 1 aromatic carbocycles. The van der Waals surface area contributed by atoms with Crippen LogP contribution in [0.5, 0.6) is 5.75 Å². The van der Waals surface area contributed by atoms with E-state index in [1.807, 2.05) is 24.3 Å². The summed E-state index contributed by atoms with van der Waals surface area (Å²) in [7, 11) is 3.33. The number of nitrogens with one attached hydrogen (secondary N) is 1. The van der Waals surface area contributed by atoms with Crippen LogP contribution < -0.4 is 10.1 Å². The second-order valence-electron chi connectivity index (χ2n) is 4.44. The number of benzene rings is 1. The zero-order chi connectivity index (χ0) is 14.7. The first-order valence-electron chi connectivity index (χ1n) is 6.16. The number of hydrogen-bond acceptors (Lipinski definition) is 4. The zero-order valence-corrected chi connectivity index (χ0v) is 11.7. The highest BCUT2D eigenvalue weighted by Gasteiger charge is 2.19. The number of rotatable bonds is 5. The molecule has 0 aliphatic rings. The van der Waals surface area contributed by atoms with Gasteiger partial charge in [-0.15, -0.1) is 0 Å². The van der Waals surface area contributed by atoms with Crippen molar-refractivity contribution >= 4 is 11.8 Å². The molecule has 1 heterocycles. The van der Waals surface area contributed by atoms with Crippen molar-refractivity contribution in [1.82, 2.24) is 9.78 Å². The molecular formula is C14H17N3O3. The van der Waals surface area contributed by atoms with Gasteiger partial charge in [-0.05, 0) is 24.6 Å². The number of carboxylic acid groups (broad SMARTS) is 1. The monoisotopic (exact) mass is 275 g/mol. The minimum absolute atomic E-state index is 0.204. The number of aromatic nitrogens is 2. The molecule has 2 aromatic rings. The zero-order valence-electron chi connectivity index (χ0n) is 11.7. The van der Waals surface area contributed by atoms with Crippen LogP contribution in [0.3, 0.4) is 0 Å². The summed E-state index contributed by atoms with van der Waals surface area (Å²) in [5.74, 6) is 0.283. The molecule has 2 rings (SSSR count). The van der Waals surface area contributed by atoms with Crippen molar-refractivity contribution in [3.63, 3.8) is 0 Å². The Morgan fingerprint density at radius 2 is 2.25 bits per heavy atom. The lowest BCUT2D eigenvalue weighted by atomic mass is 10.2. The summed E-state index contributed by atoms with van der Waals surface area (Å²) in [6.07, 6.45) is 0. The lowest BCUT2D eigenvalue weighted by Gasteiger charge is -2.09. The predicted octanol–water partition coefficient (Wildman–Crippen LogP) is 2.05. The van der Waals surface area contributed by atoms with Gasteiger partial charge in [0.1, 0.15) is 17.1 Å². The highest BCUT2D eigenvalue weighted by molar-refractivity contribution is 5.94. The van der Waals surface area contributed by atoms with Crippen molar-refractivity contribution in [2.45, 2.75) is 13.5 Å². The van der Waals surface area contributed by atoms with Crippen LogP contribution in [-0.2, 0) is 13.6 Å². The van der Waals surface area contributed by atoms with Gasteiger partial charge in [0.25, 0.3) is 0 Å². The van der Waals surface area contributed by atoms with Gasteiger partial charge < -0.3 is 15.2 Å². The molecule has 0 radical (unpaired) electrons. The van der Waals surface area contributed by atoms with Crippen LogP contribution in [0.1, 0.15) is 21.6 Å². The second kappa shape index (κ2) is 5.64. The Bertz CT molecular complexity index is 635. The van der Waals surface area contributed by atoms with E-state index >= 15 is 0 Å². The van der Waals surface area contributed by atoms with Crippen LogP contribution in [0.4, 0.5) is 5.82 Å². The summed E-state index contributed by atoms with van der Waals surface area (Å²) in [5, 5.41) is 16.5. The molecule has 0 saturated heterocycles. The highest BCUT2D eigenvalue weighted by atomic mass is 16.5. The number of carboxylic acids is 1. The molecule has 6 nitrogen and oxygen atoms in total. The molecule has 0 bridgehead atoms. The summed E-state index contributed by atoms with van der Waals surface area (Å²) in [6.45, 7) is 2.18. The van der Waals surface area contributed by atoms with Crippen LogP contribution in [0.15, 0.2) is 24.3 Å². The van der Waals surface area contributed by atoms with E-state index in [-0.39, 0.29) is 5.56 Å². The molecule has 0 unspecified atom stereocenters.